The molecule has 0 fully saturated rings. The lowest BCUT2D eigenvalue weighted by atomic mass is 10.0. The van der Waals surface area contributed by atoms with Crippen molar-refractivity contribution in [1.29, 1.82) is 0 Å². The van der Waals surface area contributed by atoms with E-state index < -0.39 is 0 Å². The third-order valence-corrected chi connectivity index (χ3v) is 7.33. The topological polar surface area (TPSA) is 40.5 Å². The van der Waals surface area contributed by atoms with Crippen molar-refractivity contribution < 1.29 is 14.1 Å². The summed E-state index contributed by atoms with van der Waals surface area (Å²) in [6.45, 7) is 6.11. The first-order valence-corrected chi connectivity index (χ1v) is 14.7. The number of rotatable bonds is 12. The summed E-state index contributed by atoms with van der Waals surface area (Å²) >= 11 is 0. The summed E-state index contributed by atoms with van der Waals surface area (Å²) in [4.78, 5) is 2.13. The van der Waals surface area contributed by atoms with Crippen LogP contribution in [0.5, 0.6) is 5.75 Å². The Morgan fingerprint density at radius 2 is 1.39 bits per heavy atom. The Bertz CT molecular complexity index is 1620. The van der Waals surface area contributed by atoms with E-state index in [4.69, 9.17) is 4.42 Å². The quantitative estimate of drug-likeness (QED) is 0.126. The Kier molecular flexibility index (Phi) is 9.33. The van der Waals surface area contributed by atoms with Crippen LogP contribution >= 0.6 is 0 Å². The van der Waals surface area contributed by atoms with Crippen molar-refractivity contribution in [3.8, 4) is 28.0 Å². The van der Waals surface area contributed by atoms with E-state index in [1.54, 1.807) is 6.07 Å². The van der Waals surface area contributed by atoms with E-state index in [1.807, 2.05) is 54.8 Å². The maximum absolute atomic E-state index is 10.8. The number of hydrogen-bond acceptors (Lipinski definition) is 3. The fraction of sp³-hybridized carbons (Fsp3) is 0.216. The van der Waals surface area contributed by atoms with Crippen molar-refractivity contribution in [2.45, 2.75) is 46.1 Å². The number of aryl methyl sites for hydroxylation is 1. The monoisotopic (exact) mass is 543 g/mol. The van der Waals surface area contributed by atoms with Crippen LogP contribution in [-0.2, 0) is 6.54 Å². The van der Waals surface area contributed by atoms with Crippen molar-refractivity contribution >= 4 is 22.9 Å². The van der Waals surface area contributed by atoms with Crippen molar-refractivity contribution in [3.63, 3.8) is 0 Å². The summed E-state index contributed by atoms with van der Waals surface area (Å²) < 4.78 is 8.59. The van der Waals surface area contributed by atoms with Gasteiger partial charge in [-0.1, -0.05) is 106 Å². The van der Waals surface area contributed by atoms with Gasteiger partial charge in [-0.05, 0) is 52.9 Å². The normalized spacial score (nSPS) is 11.7. The Morgan fingerprint density at radius 1 is 0.732 bits per heavy atom. The van der Waals surface area contributed by atoms with Crippen molar-refractivity contribution in [2.24, 2.45) is 0 Å². The lowest BCUT2D eigenvalue weighted by Gasteiger charge is -2.22. The van der Waals surface area contributed by atoms with E-state index >= 15 is 0 Å². The second kappa shape index (κ2) is 13.7. The van der Waals surface area contributed by atoms with Gasteiger partial charge >= 0.3 is 5.89 Å². The molecule has 0 aliphatic heterocycles. The Morgan fingerprint density at radius 3 is 2.07 bits per heavy atom. The second-order valence-corrected chi connectivity index (χ2v) is 10.3. The minimum absolute atomic E-state index is 0.276. The number of hydrogen-bond donors (Lipinski definition) is 1. The summed E-state index contributed by atoms with van der Waals surface area (Å²) in [5.41, 5.74) is 7.39. The van der Waals surface area contributed by atoms with Crippen molar-refractivity contribution in [1.82, 2.24) is 0 Å². The number of unbranched alkanes of at least 4 members (excludes halogenated alkanes) is 2. The molecule has 0 radical (unpaired) electrons. The maximum atomic E-state index is 10.8. The number of fused-ring (bicyclic) bond motifs is 1. The molecular formula is C37H39N2O2+. The van der Waals surface area contributed by atoms with Crippen LogP contribution in [-0.4, -0.2) is 11.7 Å². The number of allylic oxidation sites excluding steroid dienone is 2. The van der Waals surface area contributed by atoms with E-state index in [9.17, 15) is 5.11 Å². The SMILES string of the molecule is CCCCN(/C=C/C=C/c1oc2ccc(-c3ccccc3)cc2[n+]1CCCC)c1cc(-c2ccccc2)ccc1O. The molecule has 0 aliphatic rings. The fourth-order valence-corrected chi connectivity index (χ4v) is 5.04. The third-order valence-electron chi connectivity index (χ3n) is 7.33. The van der Waals surface area contributed by atoms with Crippen LogP contribution < -0.4 is 9.47 Å². The zero-order chi connectivity index (χ0) is 28.4. The molecule has 0 unspecified atom stereocenters. The highest BCUT2D eigenvalue weighted by Crippen LogP contribution is 2.33. The van der Waals surface area contributed by atoms with Crippen molar-refractivity contribution in [2.75, 3.05) is 11.4 Å². The zero-order valence-electron chi connectivity index (χ0n) is 24.0. The summed E-state index contributed by atoms with van der Waals surface area (Å²) in [6, 6.07) is 33.0. The number of oxazole rings is 1. The lowest BCUT2D eigenvalue weighted by Crippen LogP contribution is -2.35. The van der Waals surface area contributed by atoms with Crippen LogP contribution in [0.4, 0.5) is 5.69 Å². The summed E-state index contributed by atoms with van der Waals surface area (Å²) in [6.07, 6.45) is 12.4. The maximum Gasteiger partial charge on any atom is 0.374 e. The largest absolute Gasteiger partial charge is 0.506 e. The van der Waals surface area contributed by atoms with Crippen molar-refractivity contribution in [3.05, 3.63) is 121 Å². The molecule has 0 saturated carbocycles. The van der Waals surface area contributed by atoms with Gasteiger partial charge in [0.2, 0.25) is 5.58 Å². The number of anilines is 1. The van der Waals surface area contributed by atoms with Gasteiger partial charge in [0, 0.05) is 25.2 Å². The van der Waals surface area contributed by atoms with Gasteiger partial charge in [0.1, 0.15) is 5.75 Å². The predicted octanol–water partition coefficient (Wildman–Crippen LogP) is 9.39. The van der Waals surface area contributed by atoms with Gasteiger partial charge in [0.15, 0.2) is 6.54 Å². The molecule has 4 aromatic carbocycles. The van der Waals surface area contributed by atoms with Gasteiger partial charge in [-0.2, -0.15) is 4.57 Å². The molecular weight excluding hydrogens is 504 g/mol. The Labute approximate surface area is 243 Å². The number of aromatic hydroxyl groups is 1. The standard InChI is InChI=1S/C37H38N2O2/c1-3-5-24-38(33-27-31(20-22-35(33)40)29-15-9-7-10-16-29)25-14-13-19-37-39(26-6-4-2)34-28-32(21-23-36(34)41-37)30-17-11-8-12-18-30/h7-23,25,27-28H,3-6,24,26H2,1-2H3/p+1. The molecule has 0 saturated heterocycles. The highest BCUT2D eigenvalue weighted by atomic mass is 16.3. The van der Waals surface area contributed by atoms with E-state index in [1.165, 1.54) is 11.1 Å². The average molecular weight is 544 g/mol. The van der Waals surface area contributed by atoms with Crippen LogP contribution in [0.3, 0.4) is 0 Å². The van der Waals surface area contributed by atoms with Gasteiger partial charge in [-0.3, -0.25) is 0 Å². The molecule has 4 nitrogen and oxygen atoms in total. The zero-order valence-corrected chi connectivity index (χ0v) is 24.0. The summed E-state index contributed by atoms with van der Waals surface area (Å²) in [7, 11) is 0. The smallest absolute Gasteiger partial charge is 0.374 e. The average Bonchev–Trinajstić information content (AvgIpc) is 3.37. The molecule has 5 rings (SSSR count). The molecule has 0 aliphatic carbocycles. The highest BCUT2D eigenvalue weighted by molar-refractivity contribution is 5.78. The van der Waals surface area contributed by atoms with Gasteiger partial charge in [0.25, 0.3) is 5.52 Å². The molecule has 41 heavy (non-hydrogen) atoms. The molecule has 1 aromatic heterocycles. The molecule has 1 heterocycles. The molecule has 1 N–H and O–H groups in total. The molecule has 5 aromatic rings. The van der Waals surface area contributed by atoms with Crippen LogP contribution in [0, 0.1) is 0 Å². The van der Waals surface area contributed by atoms with Gasteiger partial charge in [-0.15, -0.1) is 0 Å². The molecule has 0 amide bonds. The number of phenolic OH excluding ortho intramolecular Hbond substituents is 1. The first kappa shape index (κ1) is 28.0. The highest BCUT2D eigenvalue weighted by Gasteiger charge is 2.21. The fourth-order valence-electron chi connectivity index (χ4n) is 5.04. The Balaban J connectivity index is 1.43. The summed E-state index contributed by atoms with van der Waals surface area (Å²) in [5, 5.41) is 10.8. The van der Waals surface area contributed by atoms with Gasteiger partial charge < -0.3 is 14.4 Å². The van der Waals surface area contributed by atoms with Gasteiger partial charge in [0.05, 0.1) is 11.8 Å². The minimum atomic E-state index is 0.276. The van der Waals surface area contributed by atoms with Crippen LogP contribution in [0.25, 0.3) is 39.4 Å². The van der Waals surface area contributed by atoms with Gasteiger partial charge in [-0.25, -0.2) is 0 Å². The first-order valence-electron chi connectivity index (χ1n) is 14.7. The number of benzene rings is 4. The molecule has 0 spiro atoms. The third kappa shape index (κ3) is 6.78. The first-order chi connectivity index (χ1) is 20.2. The minimum Gasteiger partial charge on any atom is -0.506 e. The van der Waals surface area contributed by atoms with Crippen LogP contribution in [0.1, 0.15) is 45.4 Å². The van der Waals surface area contributed by atoms with Crippen LogP contribution in [0.15, 0.2) is 120 Å². The molecule has 0 bridgehead atoms. The number of nitrogens with zero attached hydrogens (tertiary/aromatic N) is 2. The molecule has 208 valence electrons. The van der Waals surface area contributed by atoms with E-state index in [0.29, 0.717) is 0 Å². The lowest BCUT2D eigenvalue weighted by molar-refractivity contribution is -0.678. The van der Waals surface area contributed by atoms with E-state index in [-0.39, 0.29) is 5.75 Å². The van der Waals surface area contributed by atoms with E-state index in [2.05, 4.69) is 84.0 Å². The predicted molar refractivity (Wildman–Crippen MR) is 171 cm³/mol. The number of phenols is 1. The molecule has 4 heteroatoms. The Hall–Kier alpha value is -4.57. The van der Waals surface area contributed by atoms with E-state index in [0.717, 1.165) is 72.6 Å². The molecule has 0 atom stereocenters. The van der Waals surface area contributed by atoms with Crippen LogP contribution in [0.2, 0.25) is 0 Å². The second-order valence-electron chi connectivity index (χ2n) is 10.3. The summed E-state index contributed by atoms with van der Waals surface area (Å²) in [5.74, 6) is 1.11. The number of aromatic nitrogens is 1.